The van der Waals surface area contributed by atoms with Gasteiger partial charge in [-0.1, -0.05) is 6.92 Å². The zero-order valence-corrected chi connectivity index (χ0v) is 14.9. The number of hydrogen-bond donors (Lipinski definition) is 2. The van der Waals surface area contributed by atoms with Crippen LogP contribution in [0.15, 0.2) is 4.99 Å². The molecule has 1 aliphatic rings. The smallest absolute Gasteiger partial charge is 0.191 e. The third-order valence-electron chi connectivity index (χ3n) is 4.15. The fourth-order valence-electron chi connectivity index (χ4n) is 2.62. The molecule has 0 saturated carbocycles. The van der Waals surface area contributed by atoms with Crippen molar-refractivity contribution in [2.45, 2.75) is 33.2 Å². The van der Waals surface area contributed by atoms with Crippen LogP contribution in [0.5, 0.6) is 0 Å². The van der Waals surface area contributed by atoms with Gasteiger partial charge < -0.3 is 20.3 Å². The minimum absolute atomic E-state index is 0.494. The number of nitrogens with zero attached hydrogens (tertiary/aromatic N) is 3. The zero-order valence-electron chi connectivity index (χ0n) is 14.9. The quantitative estimate of drug-likeness (QED) is 0.371. The van der Waals surface area contributed by atoms with E-state index in [0.717, 1.165) is 58.3 Å². The fourth-order valence-corrected chi connectivity index (χ4v) is 2.62. The summed E-state index contributed by atoms with van der Waals surface area (Å²) >= 11 is 0. The number of likely N-dealkylation sites (N-methyl/N-ethyl adjacent to an activating group) is 1. The van der Waals surface area contributed by atoms with E-state index in [4.69, 9.17) is 9.73 Å². The third-order valence-corrected chi connectivity index (χ3v) is 4.15. The minimum Gasteiger partial charge on any atom is -0.385 e. The first-order chi connectivity index (χ1) is 10.7. The Hall–Kier alpha value is -0.850. The molecule has 0 aliphatic carbocycles. The number of nitrogens with one attached hydrogen (secondary N) is 2. The van der Waals surface area contributed by atoms with Crippen LogP contribution in [0.3, 0.4) is 0 Å². The van der Waals surface area contributed by atoms with E-state index in [2.05, 4.69) is 41.2 Å². The summed E-state index contributed by atoms with van der Waals surface area (Å²) in [6.07, 6.45) is 0.995. The molecule has 0 aromatic carbocycles. The molecule has 0 radical (unpaired) electrons. The van der Waals surface area contributed by atoms with Crippen LogP contribution in [-0.4, -0.2) is 87.9 Å². The van der Waals surface area contributed by atoms with Gasteiger partial charge in [0.1, 0.15) is 0 Å². The second-order valence-corrected chi connectivity index (χ2v) is 5.81. The van der Waals surface area contributed by atoms with Crippen LogP contribution in [0.1, 0.15) is 27.2 Å². The molecule has 22 heavy (non-hydrogen) atoms. The molecule has 0 aromatic rings. The van der Waals surface area contributed by atoms with Crippen LogP contribution in [-0.2, 0) is 4.74 Å². The van der Waals surface area contributed by atoms with Gasteiger partial charge >= 0.3 is 0 Å². The highest BCUT2D eigenvalue weighted by Crippen LogP contribution is 2.06. The maximum atomic E-state index is 5.07. The van der Waals surface area contributed by atoms with Gasteiger partial charge in [0.2, 0.25) is 0 Å². The number of methoxy groups -OCH3 is 1. The molecule has 0 amide bonds. The molecule has 0 aromatic heterocycles. The molecule has 0 bridgehead atoms. The number of hydrogen-bond acceptors (Lipinski definition) is 4. The van der Waals surface area contributed by atoms with Crippen molar-refractivity contribution in [2.75, 3.05) is 66.1 Å². The Kier molecular flexibility index (Phi) is 10.2. The summed E-state index contributed by atoms with van der Waals surface area (Å²) in [4.78, 5) is 9.78. The second kappa shape index (κ2) is 11.7. The summed E-state index contributed by atoms with van der Waals surface area (Å²) in [6.45, 7) is 15.8. The Morgan fingerprint density at radius 2 is 1.91 bits per heavy atom. The Bertz CT molecular complexity index is 303. The monoisotopic (exact) mass is 313 g/mol. The number of ether oxygens (including phenoxy) is 1. The number of piperazine rings is 1. The van der Waals surface area contributed by atoms with Crippen LogP contribution >= 0.6 is 0 Å². The van der Waals surface area contributed by atoms with E-state index in [1.165, 1.54) is 13.1 Å². The highest BCUT2D eigenvalue weighted by molar-refractivity contribution is 5.79. The lowest BCUT2D eigenvalue weighted by molar-refractivity contribution is 0.109. The highest BCUT2D eigenvalue weighted by atomic mass is 16.5. The van der Waals surface area contributed by atoms with Gasteiger partial charge in [0.05, 0.1) is 6.54 Å². The first-order valence-electron chi connectivity index (χ1n) is 8.68. The lowest BCUT2D eigenvalue weighted by Crippen LogP contribution is -2.50. The van der Waals surface area contributed by atoms with Crippen molar-refractivity contribution in [1.82, 2.24) is 20.4 Å². The molecule has 1 heterocycles. The van der Waals surface area contributed by atoms with Crippen LogP contribution in [0.4, 0.5) is 0 Å². The van der Waals surface area contributed by atoms with Gasteiger partial charge in [-0.25, -0.2) is 0 Å². The van der Waals surface area contributed by atoms with Crippen molar-refractivity contribution >= 4 is 5.96 Å². The Morgan fingerprint density at radius 1 is 1.18 bits per heavy atom. The third kappa shape index (κ3) is 7.42. The van der Waals surface area contributed by atoms with Crippen molar-refractivity contribution in [3.63, 3.8) is 0 Å². The van der Waals surface area contributed by atoms with Crippen molar-refractivity contribution in [1.29, 1.82) is 0 Å². The van der Waals surface area contributed by atoms with E-state index >= 15 is 0 Å². The predicted octanol–water partition coefficient (Wildman–Crippen LogP) is 0.604. The largest absolute Gasteiger partial charge is 0.385 e. The molecule has 1 saturated heterocycles. The SMILES string of the molecule is CCNC(=NCC(C)N1CCN(CC)CC1)NCCCOC. The van der Waals surface area contributed by atoms with Crippen LogP contribution in [0.2, 0.25) is 0 Å². The average molecular weight is 313 g/mol. The summed E-state index contributed by atoms with van der Waals surface area (Å²) in [7, 11) is 1.74. The molecule has 1 unspecified atom stereocenters. The highest BCUT2D eigenvalue weighted by Gasteiger charge is 2.19. The van der Waals surface area contributed by atoms with Gasteiger partial charge in [-0.15, -0.1) is 0 Å². The van der Waals surface area contributed by atoms with Crippen LogP contribution in [0, 0.1) is 0 Å². The van der Waals surface area contributed by atoms with E-state index in [1.807, 2.05) is 0 Å². The summed E-state index contributed by atoms with van der Waals surface area (Å²) < 4.78 is 5.07. The summed E-state index contributed by atoms with van der Waals surface area (Å²) in [5.41, 5.74) is 0. The maximum Gasteiger partial charge on any atom is 0.191 e. The first-order valence-corrected chi connectivity index (χ1v) is 8.68. The van der Waals surface area contributed by atoms with Crippen molar-refractivity contribution in [3.8, 4) is 0 Å². The van der Waals surface area contributed by atoms with Gasteiger partial charge in [0.15, 0.2) is 5.96 Å². The topological polar surface area (TPSA) is 52.1 Å². The molecule has 1 rings (SSSR count). The van der Waals surface area contributed by atoms with Gasteiger partial charge in [-0.2, -0.15) is 0 Å². The Labute approximate surface area is 136 Å². The van der Waals surface area contributed by atoms with Gasteiger partial charge in [-0.3, -0.25) is 9.89 Å². The molecule has 0 spiro atoms. The lowest BCUT2D eigenvalue weighted by atomic mass is 10.2. The van der Waals surface area contributed by atoms with Crippen molar-refractivity contribution < 1.29 is 4.74 Å². The molecular weight excluding hydrogens is 278 g/mol. The Morgan fingerprint density at radius 3 is 2.50 bits per heavy atom. The van der Waals surface area contributed by atoms with Crippen LogP contribution in [0.25, 0.3) is 0 Å². The molecule has 2 N–H and O–H groups in total. The van der Waals surface area contributed by atoms with E-state index < -0.39 is 0 Å². The van der Waals surface area contributed by atoms with E-state index in [9.17, 15) is 0 Å². The predicted molar refractivity (Wildman–Crippen MR) is 93.6 cm³/mol. The molecule has 6 nitrogen and oxygen atoms in total. The van der Waals surface area contributed by atoms with Gasteiger partial charge in [-0.05, 0) is 26.8 Å². The molecule has 130 valence electrons. The number of aliphatic imine (C=N–C) groups is 1. The molecule has 1 atom stereocenters. The molecule has 1 aliphatic heterocycles. The van der Waals surface area contributed by atoms with E-state index in [-0.39, 0.29) is 0 Å². The van der Waals surface area contributed by atoms with E-state index in [1.54, 1.807) is 7.11 Å². The van der Waals surface area contributed by atoms with Crippen molar-refractivity contribution in [2.24, 2.45) is 4.99 Å². The summed E-state index contributed by atoms with van der Waals surface area (Å²) in [5.74, 6) is 0.914. The van der Waals surface area contributed by atoms with Crippen molar-refractivity contribution in [3.05, 3.63) is 0 Å². The number of rotatable bonds is 9. The van der Waals surface area contributed by atoms with E-state index in [0.29, 0.717) is 6.04 Å². The normalized spacial score (nSPS) is 19.2. The van der Waals surface area contributed by atoms with Gasteiger partial charge in [0.25, 0.3) is 0 Å². The molecule has 1 fully saturated rings. The molecule has 6 heteroatoms. The maximum absolute atomic E-state index is 5.07. The zero-order chi connectivity index (χ0) is 16.2. The summed E-state index contributed by atoms with van der Waals surface area (Å²) in [6, 6.07) is 0.494. The Balaban J connectivity index is 2.34. The second-order valence-electron chi connectivity index (χ2n) is 5.81. The number of guanidine groups is 1. The molecular formula is C16H35N5O. The summed E-state index contributed by atoms with van der Waals surface area (Å²) in [5, 5.41) is 6.67. The standard InChI is InChI=1S/C16H35N5O/c1-5-17-16(18-8-7-13-22-4)19-14-15(3)21-11-9-20(6-2)10-12-21/h15H,5-14H2,1-4H3,(H2,17,18,19). The van der Waals surface area contributed by atoms with Crippen LogP contribution < -0.4 is 10.6 Å². The lowest BCUT2D eigenvalue weighted by Gasteiger charge is -2.37. The minimum atomic E-state index is 0.494. The fraction of sp³-hybridized carbons (Fsp3) is 0.938. The van der Waals surface area contributed by atoms with Gasteiger partial charge in [0, 0.05) is 59.0 Å². The first kappa shape index (κ1) is 19.2. The average Bonchev–Trinajstić information content (AvgIpc) is 2.56.